The van der Waals surface area contributed by atoms with Crippen molar-refractivity contribution in [2.24, 2.45) is 0 Å². The van der Waals surface area contributed by atoms with E-state index in [1.807, 2.05) is 18.2 Å². The van der Waals surface area contributed by atoms with E-state index in [0.717, 1.165) is 15.4 Å². The van der Waals surface area contributed by atoms with Gasteiger partial charge in [0.05, 0.1) is 26.2 Å². The number of ether oxygens (including phenoxy) is 2. The van der Waals surface area contributed by atoms with Gasteiger partial charge in [-0.1, -0.05) is 28.1 Å². The average molecular weight is 446 g/mol. The van der Waals surface area contributed by atoms with Crippen LogP contribution in [0.25, 0.3) is 11.0 Å². The molecule has 0 aliphatic rings. The summed E-state index contributed by atoms with van der Waals surface area (Å²) in [6.07, 6.45) is -0.00146. The monoisotopic (exact) mass is 445 g/mol. The van der Waals surface area contributed by atoms with Gasteiger partial charge in [-0.25, -0.2) is 0 Å². The van der Waals surface area contributed by atoms with Crippen LogP contribution in [0.15, 0.2) is 57.4 Å². The van der Waals surface area contributed by atoms with E-state index in [0.29, 0.717) is 11.3 Å². The Kier molecular flexibility index (Phi) is 6.36. The Labute approximate surface area is 170 Å². The van der Waals surface area contributed by atoms with Gasteiger partial charge in [-0.2, -0.15) is 0 Å². The second-order valence-electron chi connectivity index (χ2n) is 6.10. The minimum atomic E-state index is -0.582. The van der Waals surface area contributed by atoms with E-state index in [4.69, 9.17) is 13.9 Å². The Morgan fingerprint density at radius 2 is 2.00 bits per heavy atom. The summed E-state index contributed by atoms with van der Waals surface area (Å²) in [5.74, 6) is -0.00681. The van der Waals surface area contributed by atoms with Crippen LogP contribution in [0, 0.1) is 0 Å². The third-order valence-corrected chi connectivity index (χ3v) is 4.67. The summed E-state index contributed by atoms with van der Waals surface area (Å²) in [6, 6.07) is 13.8. The molecule has 1 atom stereocenters. The highest BCUT2D eigenvalue weighted by Gasteiger charge is 2.22. The Balaban J connectivity index is 1.86. The standard InChI is InChI=1S/C21H20BrNO5/c1-3-27-20(24)12-17(13-5-4-6-16(10-13)26-2)23-21(25)19-11-14-9-15(22)7-8-18(14)28-19/h4-11,17H,3,12H2,1-2H3,(H,23,25). The number of benzene rings is 2. The number of hydrogen-bond donors (Lipinski definition) is 1. The number of hydrogen-bond acceptors (Lipinski definition) is 5. The summed E-state index contributed by atoms with van der Waals surface area (Å²) in [6.45, 7) is 2.01. The summed E-state index contributed by atoms with van der Waals surface area (Å²) >= 11 is 3.40. The Hall–Kier alpha value is -2.80. The van der Waals surface area contributed by atoms with Gasteiger partial charge in [0, 0.05) is 9.86 Å². The van der Waals surface area contributed by atoms with Gasteiger partial charge in [-0.05, 0) is 48.9 Å². The zero-order chi connectivity index (χ0) is 20.1. The second-order valence-corrected chi connectivity index (χ2v) is 7.02. The number of carbonyl (C=O) groups excluding carboxylic acids is 2. The first-order chi connectivity index (χ1) is 13.5. The van der Waals surface area contributed by atoms with Crippen LogP contribution in [0.4, 0.5) is 0 Å². The zero-order valence-electron chi connectivity index (χ0n) is 15.5. The predicted octanol–water partition coefficient (Wildman–Crippen LogP) is 4.63. The average Bonchev–Trinajstić information content (AvgIpc) is 3.11. The smallest absolute Gasteiger partial charge is 0.308 e. The van der Waals surface area contributed by atoms with Crippen molar-refractivity contribution in [3.05, 3.63) is 64.3 Å². The summed E-state index contributed by atoms with van der Waals surface area (Å²) < 4.78 is 16.8. The molecule has 28 heavy (non-hydrogen) atoms. The number of rotatable bonds is 7. The molecule has 1 amide bonds. The van der Waals surface area contributed by atoms with Crippen LogP contribution < -0.4 is 10.1 Å². The third-order valence-electron chi connectivity index (χ3n) is 4.18. The van der Waals surface area contributed by atoms with E-state index in [1.54, 1.807) is 44.4 Å². The molecule has 0 aliphatic carbocycles. The van der Waals surface area contributed by atoms with Crippen LogP contribution in [-0.4, -0.2) is 25.6 Å². The third kappa shape index (κ3) is 4.72. The first-order valence-corrected chi connectivity index (χ1v) is 9.59. The lowest BCUT2D eigenvalue weighted by Gasteiger charge is -2.18. The van der Waals surface area contributed by atoms with E-state index in [9.17, 15) is 9.59 Å². The SMILES string of the molecule is CCOC(=O)CC(NC(=O)c1cc2cc(Br)ccc2o1)c1cccc(OC)c1. The van der Waals surface area contributed by atoms with Crippen molar-refractivity contribution >= 4 is 38.8 Å². The van der Waals surface area contributed by atoms with Gasteiger partial charge in [-0.15, -0.1) is 0 Å². The summed E-state index contributed by atoms with van der Waals surface area (Å²) in [4.78, 5) is 24.8. The summed E-state index contributed by atoms with van der Waals surface area (Å²) in [5, 5.41) is 3.67. The fourth-order valence-corrected chi connectivity index (χ4v) is 3.23. The van der Waals surface area contributed by atoms with E-state index in [1.165, 1.54) is 0 Å². The molecule has 0 radical (unpaired) electrons. The molecule has 0 saturated heterocycles. The van der Waals surface area contributed by atoms with E-state index < -0.39 is 17.9 Å². The maximum absolute atomic E-state index is 12.8. The minimum absolute atomic E-state index is 0.00146. The normalized spacial score (nSPS) is 11.8. The maximum Gasteiger partial charge on any atom is 0.308 e. The number of amides is 1. The first kappa shape index (κ1) is 19.9. The van der Waals surface area contributed by atoms with Crippen molar-refractivity contribution in [3.8, 4) is 5.75 Å². The topological polar surface area (TPSA) is 77.8 Å². The highest BCUT2D eigenvalue weighted by atomic mass is 79.9. The van der Waals surface area contributed by atoms with E-state index in [-0.39, 0.29) is 18.8 Å². The molecule has 0 fully saturated rings. The lowest BCUT2D eigenvalue weighted by molar-refractivity contribution is -0.143. The lowest BCUT2D eigenvalue weighted by Crippen LogP contribution is -2.30. The van der Waals surface area contributed by atoms with Crippen LogP contribution >= 0.6 is 15.9 Å². The van der Waals surface area contributed by atoms with E-state index >= 15 is 0 Å². The maximum atomic E-state index is 12.8. The Morgan fingerprint density at radius 1 is 1.18 bits per heavy atom. The molecule has 1 heterocycles. The van der Waals surface area contributed by atoms with Crippen LogP contribution in [-0.2, 0) is 9.53 Å². The molecule has 0 bridgehead atoms. The van der Waals surface area contributed by atoms with Crippen molar-refractivity contribution < 1.29 is 23.5 Å². The van der Waals surface area contributed by atoms with Crippen molar-refractivity contribution in [2.75, 3.05) is 13.7 Å². The van der Waals surface area contributed by atoms with Gasteiger partial charge < -0.3 is 19.2 Å². The van der Waals surface area contributed by atoms with Gasteiger partial charge in [0.15, 0.2) is 5.76 Å². The molecule has 0 spiro atoms. The molecule has 2 aromatic carbocycles. The Morgan fingerprint density at radius 3 is 2.75 bits per heavy atom. The quantitative estimate of drug-likeness (QED) is 0.536. The Bertz CT molecular complexity index is 997. The number of methoxy groups -OCH3 is 1. The number of halogens is 1. The summed E-state index contributed by atoms with van der Waals surface area (Å²) in [7, 11) is 1.56. The van der Waals surface area contributed by atoms with Crippen molar-refractivity contribution in [3.63, 3.8) is 0 Å². The molecule has 7 heteroatoms. The van der Waals surface area contributed by atoms with Gasteiger partial charge in [0.1, 0.15) is 11.3 Å². The molecule has 0 saturated carbocycles. The number of nitrogens with one attached hydrogen (secondary N) is 1. The molecular weight excluding hydrogens is 426 g/mol. The van der Waals surface area contributed by atoms with Crippen LogP contribution in [0.1, 0.15) is 35.5 Å². The molecule has 1 unspecified atom stereocenters. The van der Waals surface area contributed by atoms with Crippen molar-refractivity contribution in [2.45, 2.75) is 19.4 Å². The molecule has 146 valence electrons. The van der Waals surface area contributed by atoms with Crippen molar-refractivity contribution in [1.29, 1.82) is 0 Å². The van der Waals surface area contributed by atoms with Crippen molar-refractivity contribution in [1.82, 2.24) is 5.32 Å². The van der Waals surface area contributed by atoms with Gasteiger partial charge in [0.25, 0.3) is 5.91 Å². The predicted molar refractivity (Wildman–Crippen MR) is 108 cm³/mol. The highest BCUT2D eigenvalue weighted by molar-refractivity contribution is 9.10. The molecule has 1 aromatic heterocycles. The highest BCUT2D eigenvalue weighted by Crippen LogP contribution is 2.26. The number of furan rings is 1. The van der Waals surface area contributed by atoms with Gasteiger partial charge in [-0.3, -0.25) is 9.59 Å². The lowest BCUT2D eigenvalue weighted by atomic mass is 10.0. The number of carbonyl (C=O) groups is 2. The van der Waals surface area contributed by atoms with Crippen LogP contribution in [0.2, 0.25) is 0 Å². The molecule has 6 nitrogen and oxygen atoms in total. The van der Waals surface area contributed by atoms with E-state index in [2.05, 4.69) is 21.2 Å². The zero-order valence-corrected chi connectivity index (χ0v) is 17.1. The van der Waals surface area contributed by atoms with Crippen LogP contribution in [0.3, 0.4) is 0 Å². The largest absolute Gasteiger partial charge is 0.497 e. The first-order valence-electron chi connectivity index (χ1n) is 8.79. The number of fused-ring (bicyclic) bond motifs is 1. The molecule has 1 N–H and O–H groups in total. The molecule has 3 rings (SSSR count). The fraction of sp³-hybridized carbons (Fsp3) is 0.238. The van der Waals surface area contributed by atoms with Gasteiger partial charge in [0.2, 0.25) is 0 Å². The fourth-order valence-electron chi connectivity index (χ4n) is 2.85. The minimum Gasteiger partial charge on any atom is -0.497 e. The molecule has 0 aliphatic heterocycles. The molecular formula is C21H20BrNO5. The second kappa shape index (κ2) is 8.93. The molecule has 3 aromatic rings. The van der Waals surface area contributed by atoms with Gasteiger partial charge >= 0.3 is 5.97 Å². The number of esters is 1. The van der Waals surface area contributed by atoms with Crippen LogP contribution in [0.5, 0.6) is 5.75 Å². The summed E-state index contributed by atoms with van der Waals surface area (Å²) in [5.41, 5.74) is 1.34.